The van der Waals surface area contributed by atoms with Gasteiger partial charge >= 0.3 is 6.03 Å². The molecule has 1 aliphatic rings. The van der Waals surface area contributed by atoms with E-state index < -0.39 is 6.03 Å². The first-order valence-electron chi connectivity index (χ1n) is 6.67. The van der Waals surface area contributed by atoms with Gasteiger partial charge in [0.05, 0.1) is 6.54 Å². The first-order valence-corrected chi connectivity index (χ1v) is 6.67. The van der Waals surface area contributed by atoms with E-state index in [1.54, 1.807) is 6.08 Å². The van der Waals surface area contributed by atoms with E-state index >= 15 is 0 Å². The summed E-state index contributed by atoms with van der Waals surface area (Å²) in [6.07, 6.45) is 2.60. The highest BCUT2D eigenvalue weighted by atomic mass is 16.2. The molecule has 6 nitrogen and oxygen atoms in total. The van der Waals surface area contributed by atoms with Crippen LogP contribution in [0.15, 0.2) is 12.7 Å². The highest BCUT2D eigenvalue weighted by Crippen LogP contribution is 2.21. The van der Waals surface area contributed by atoms with Crippen molar-refractivity contribution in [1.29, 1.82) is 0 Å². The van der Waals surface area contributed by atoms with Gasteiger partial charge in [-0.1, -0.05) is 13.0 Å². The third-order valence-electron chi connectivity index (χ3n) is 3.53. The van der Waals surface area contributed by atoms with Gasteiger partial charge in [-0.05, 0) is 31.3 Å². The van der Waals surface area contributed by atoms with E-state index in [-0.39, 0.29) is 12.5 Å². The van der Waals surface area contributed by atoms with Gasteiger partial charge in [0.15, 0.2) is 0 Å². The molecule has 2 unspecified atom stereocenters. The molecule has 0 saturated carbocycles. The van der Waals surface area contributed by atoms with E-state index in [0.717, 1.165) is 19.5 Å². The molecule has 19 heavy (non-hydrogen) atoms. The van der Waals surface area contributed by atoms with Crippen LogP contribution < -0.4 is 16.4 Å². The van der Waals surface area contributed by atoms with Crippen molar-refractivity contribution in [3.05, 3.63) is 12.7 Å². The fourth-order valence-electron chi connectivity index (χ4n) is 2.25. The van der Waals surface area contributed by atoms with Gasteiger partial charge in [0.25, 0.3) is 0 Å². The summed E-state index contributed by atoms with van der Waals surface area (Å²) in [5.74, 6) is 0.739. The highest BCUT2D eigenvalue weighted by molar-refractivity contribution is 5.95. The third-order valence-corrected chi connectivity index (χ3v) is 3.53. The Morgan fingerprint density at radius 3 is 2.89 bits per heavy atom. The quantitative estimate of drug-likeness (QED) is 0.608. The zero-order chi connectivity index (χ0) is 14.3. The average Bonchev–Trinajstić information content (AvgIpc) is 2.38. The van der Waals surface area contributed by atoms with E-state index in [1.165, 1.54) is 0 Å². The number of nitrogens with one attached hydrogen (secondary N) is 2. The molecule has 0 aliphatic carbocycles. The number of imide groups is 1. The molecular formula is C13H24N4O2. The first kappa shape index (κ1) is 15.7. The maximum absolute atomic E-state index is 11.7. The van der Waals surface area contributed by atoms with Crippen LogP contribution in [0.25, 0.3) is 0 Å². The second-order valence-corrected chi connectivity index (χ2v) is 5.04. The number of hydrogen-bond donors (Lipinski definition) is 3. The Bertz CT molecular complexity index is 333. The topological polar surface area (TPSA) is 87.5 Å². The Morgan fingerprint density at radius 2 is 2.26 bits per heavy atom. The van der Waals surface area contributed by atoms with Gasteiger partial charge in [-0.15, -0.1) is 6.58 Å². The fraction of sp³-hybridized carbons (Fsp3) is 0.692. The molecule has 0 bridgehead atoms. The predicted molar refractivity (Wildman–Crippen MR) is 74.5 cm³/mol. The molecule has 0 radical (unpaired) electrons. The summed E-state index contributed by atoms with van der Waals surface area (Å²) in [6, 6.07) is -0.481. The highest BCUT2D eigenvalue weighted by Gasteiger charge is 2.26. The van der Waals surface area contributed by atoms with Gasteiger partial charge in [-0.25, -0.2) is 4.79 Å². The van der Waals surface area contributed by atoms with Gasteiger partial charge < -0.3 is 11.1 Å². The summed E-state index contributed by atoms with van der Waals surface area (Å²) in [4.78, 5) is 25.0. The fourth-order valence-corrected chi connectivity index (χ4v) is 2.25. The summed E-state index contributed by atoms with van der Waals surface area (Å²) in [7, 11) is 0. The molecule has 0 aromatic carbocycles. The van der Waals surface area contributed by atoms with E-state index in [1.807, 2.05) is 4.90 Å². The molecule has 1 rings (SSSR count). The Labute approximate surface area is 114 Å². The van der Waals surface area contributed by atoms with Crippen molar-refractivity contribution in [1.82, 2.24) is 15.5 Å². The van der Waals surface area contributed by atoms with Crippen molar-refractivity contribution in [3.8, 4) is 0 Å². The Hall–Kier alpha value is -1.40. The minimum Gasteiger partial charge on any atom is -0.334 e. The maximum Gasteiger partial charge on any atom is 0.321 e. The standard InChI is InChI=1S/C13H24N4O2/c1-3-5-15-13(19)16-12(18)9-17-6-4-10(2)11(7-14)8-17/h3,10-11H,1,4-9,14H2,2H3,(H2,15,16,18,19). The van der Waals surface area contributed by atoms with Crippen molar-refractivity contribution in [2.45, 2.75) is 13.3 Å². The molecular weight excluding hydrogens is 244 g/mol. The number of rotatable bonds is 5. The molecule has 4 N–H and O–H groups in total. The minimum absolute atomic E-state index is 0.241. The van der Waals surface area contributed by atoms with Crippen molar-refractivity contribution >= 4 is 11.9 Å². The SMILES string of the molecule is C=CCNC(=O)NC(=O)CN1CCC(C)C(CN)C1. The zero-order valence-electron chi connectivity index (χ0n) is 11.5. The number of hydrogen-bond acceptors (Lipinski definition) is 4. The largest absolute Gasteiger partial charge is 0.334 e. The summed E-state index contributed by atoms with van der Waals surface area (Å²) >= 11 is 0. The van der Waals surface area contributed by atoms with Crippen molar-refractivity contribution < 1.29 is 9.59 Å². The number of carbonyl (C=O) groups excluding carboxylic acids is 2. The molecule has 0 spiro atoms. The lowest BCUT2D eigenvalue weighted by molar-refractivity contribution is -0.121. The van der Waals surface area contributed by atoms with E-state index in [2.05, 4.69) is 24.1 Å². The summed E-state index contributed by atoms with van der Waals surface area (Å²) in [5.41, 5.74) is 5.72. The normalized spacial score (nSPS) is 23.7. The minimum atomic E-state index is -0.481. The zero-order valence-corrected chi connectivity index (χ0v) is 11.5. The van der Waals surface area contributed by atoms with Crippen LogP contribution in [0.5, 0.6) is 0 Å². The molecule has 1 heterocycles. The van der Waals surface area contributed by atoms with Crippen LogP contribution in [0.3, 0.4) is 0 Å². The number of carbonyl (C=O) groups is 2. The van der Waals surface area contributed by atoms with Gasteiger partial charge in [-0.2, -0.15) is 0 Å². The lowest BCUT2D eigenvalue weighted by Gasteiger charge is -2.36. The summed E-state index contributed by atoms with van der Waals surface area (Å²) in [5, 5.41) is 4.80. The monoisotopic (exact) mass is 268 g/mol. The smallest absolute Gasteiger partial charge is 0.321 e. The molecule has 1 aliphatic heterocycles. The molecule has 2 atom stereocenters. The van der Waals surface area contributed by atoms with Crippen LogP contribution in [0.1, 0.15) is 13.3 Å². The second kappa shape index (κ2) is 7.91. The Kier molecular flexibility index (Phi) is 6.52. The van der Waals surface area contributed by atoms with Crippen LogP contribution in [0, 0.1) is 11.8 Å². The van der Waals surface area contributed by atoms with Gasteiger partial charge in [-0.3, -0.25) is 15.0 Å². The number of likely N-dealkylation sites (tertiary alicyclic amines) is 1. The number of nitrogens with zero attached hydrogens (tertiary/aromatic N) is 1. The average molecular weight is 268 g/mol. The van der Waals surface area contributed by atoms with E-state index in [4.69, 9.17) is 5.73 Å². The predicted octanol–water partition coefficient (Wildman–Crippen LogP) is -0.0851. The van der Waals surface area contributed by atoms with Crippen molar-refractivity contribution in [3.63, 3.8) is 0 Å². The van der Waals surface area contributed by atoms with Crippen molar-refractivity contribution in [2.24, 2.45) is 17.6 Å². The lowest BCUT2D eigenvalue weighted by atomic mass is 9.87. The Balaban J connectivity index is 2.32. The molecule has 0 aromatic heterocycles. The molecule has 108 valence electrons. The first-order chi connectivity index (χ1) is 9.06. The number of amides is 3. The number of nitrogens with two attached hydrogens (primary N) is 1. The van der Waals surface area contributed by atoms with Crippen LogP contribution in [0.2, 0.25) is 0 Å². The third kappa shape index (κ3) is 5.40. The summed E-state index contributed by atoms with van der Waals surface area (Å²) < 4.78 is 0. The van der Waals surface area contributed by atoms with Crippen molar-refractivity contribution in [2.75, 3.05) is 32.7 Å². The van der Waals surface area contributed by atoms with Gasteiger partial charge in [0.1, 0.15) is 0 Å². The van der Waals surface area contributed by atoms with Crippen LogP contribution in [-0.4, -0.2) is 49.6 Å². The maximum atomic E-state index is 11.7. The number of urea groups is 1. The molecule has 1 fully saturated rings. The lowest BCUT2D eigenvalue weighted by Crippen LogP contribution is -2.49. The molecule has 0 aromatic rings. The van der Waals surface area contributed by atoms with Gasteiger partial charge in [0, 0.05) is 13.1 Å². The molecule has 3 amide bonds. The van der Waals surface area contributed by atoms with E-state index in [0.29, 0.717) is 24.9 Å². The van der Waals surface area contributed by atoms with E-state index in [9.17, 15) is 9.59 Å². The van der Waals surface area contributed by atoms with Crippen LogP contribution >= 0.6 is 0 Å². The van der Waals surface area contributed by atoms with Crippen LogP contribution in [-0.2, 0) is 4.79 Å². The van der Waals surface area contributed by atoms with Gasteiger partial charge in [0.2, 0.25) is 5.91 Å². The second-order valence-electron chi connectivity index (χ2n) is 5.04. The molecule has 1 saturated heterocycles. The number of piperidine rings is 1. The summed E-state index contributed by atoms with van der Waals surface area (Å²) in [6.45, 7) is 8.59. The Morgan fingerprint density at radius 1 is 1.53 bits per heavy atom. The van der Waals surface area contributed by atoms with Crippen LogP contribution in [0.4, 0.5) is 4.79 Å². The molecule has 6 heteroatoms.